The molecule has 0 saturated heterocycles. The molecule has 6 nitrogen and oxygen atoms in total. The van der Waals surface area contributed by atoms with E-state index in [0.717, 1.165) is 5.56 Å². The maximum atomic E-state index is 13.4. The third kappa shape index (κ3) is 3.57. The Morgan fingerprint density at radius 1 is 1.22 bits per heavy atom. The lowest BCUT2D eigenvalue weighted by Gasteiger charge is -2.24. The van der Waals surface area contributed by atoms with Gasteiger partial charge in [0.05, 0.1) is 5.92 Å². The molecule has 136 valence electrons. The molecule has 0 bridgehead atoms. The molecule has 0 unspecified atom stereocenters. The summed E-state index contributed by atoms with van der Waals surface area (Å²) in [4.78, 5) is 24.3. The zero-order valence-electron chi connectivity index (χ0n) is 14.1. The molecule has 3 aromatic rings. The van der Waals surface area contributed by atoms with Crippen LogP contribution in [0.15, 0.2) is 59.1 Å². The maximum absolute atomic E-state index is 13.4. The SMILES string of the molecule is O=C1C[C@H](C(=O)OCc2cc(-c3ccccc3)no2)c2ccc(F)cc2N1. The Bertz CT molecular complexity index is 1000. The van der Waals surface area contributed by atoms with E-state index in [0.29, 0.717) is 22.7 Å². The Kier molecular flexibility index (Phi) is 4.42. The number of carbonyl (C=O) groups is 2. The normalized spacial score (nSPS) is 15.7. The van der Waals surface area contributed by atoms with Crippen molar-refractivity contribution in [2.45, 2.75) is 18.9 Å². The van der Waals surface area contributed by atoms with Gasteiger partial charge in [-0.3, -0.25) is 9.59 Å². The van der Waals surface area contributed by atoms with Crippen molar-refractivity contribution in [3.8, 4) is 11.3 Å². The van der Waals surface area contributed by atoms with Gasteiger partial charge in [0.25, 0.3) is 0 Å². The lowest BCUT2D eigenvalue weighted by molar-refractivity contribution is -0.148. The van der Waals surface area contributed by atoms with Crippen LogP contribution < -0.4 is 5.32 Å². The molecule has 0 spiro atoms. The van der Waals surface area contributed by atoms with Crippen LogP contribution in [0, 0.1) is 5.82 Å². The number of rotatable bonds is 4. The van der Waals surface area contributed by atoms with Crippen molar-refractivity contribution in [1.29, 1.82) is 0 Å². The predicted molar refractivity (Wildman–Crippen MR) is 94.1 cm³/mol. The number of nitrogens with one attached hydrogen (secondary N) is 1. The number of fused-ring (bicyclic) bond motifs is 1. The number of amides is 1. The molecule has 0 radical (unpaired) electrons. The van der Waals surface area contributed by atoms with Gasteiger partial charge in [-0.15, -0.1) is 0 Å². The number of anilines is 1. The first-order valence-corrected chi connectivity index (χ1v) is 8.37. The van der Waals surface area contributed by atoms with E-state index in [4.69, 9.17) is 9.26 Å². The number of carbonyl (C=O) groups excluding carboxylic acids is 2. The molecule has 7 heteroatoms. The van der Waals surface area contributed by atoms with Crippen molar-refractivity contribution in [3.05, 3.63) is 71.7 Å². The lowest BCUT2D eigenvalue weighted by atomic mass is 9.90. The first kappa shape index (κ1) is 17.0. The van der Waals surface area contributed by atoms with Gasteiger partial charge in [-0.1, -0.05) is 41.6 Å². The number of esters is 1. The smallest absolute Gasteiger partial charge is 0.314 e. The van der Waals surface area contributed by atoms with E-state index in [1.54, 1.807) is 6.07 Å². The number of benzene rings is 2. The van der Waals surface area contributed by atoms with E-state index in [2.05, 4.69) is 10.5 Å². The molecule has 0 aliphatic carbocycles. The fourth-order valence-corrected chi connectivity index (χ4v) is 3.02. The average Bonchev–Trinajstić information content (AvgIpc) is 3.15. The average molecular weight is 366 g/mol. The van der Waals surface area contributed by atoms with Gasteiger partial charge in [-0.05, 0) is 17.7 Å². The van der Waals surface area contributed by atoms with Gasteiger partial charge in [0.1, 0.15) is 11.5 Å². The summed E-state index contributed by atoms with van der Waals surface area (Å²) < 4.78 is 23.9. The number of nitrogens with zero attached hydrogens (tertiary/aromatic N) is 1. The van der Waals surface area contributed by atoms with Gasteiger partial charge in [-0.2, -0.15) is 0 Å². The summed E-state index contributed by atoms with van der Waals surface area (Å²) in [7, 11) is 0. The summed E-state index contributed by atoms with van der Waals surface area (Å²) >= 11 is 0. The number of hydrogen-bond donors (Lipinski definition) is 1. The van der Waals surface area contributed by atoms with Crippen molar-refractivity contribution in [2.24, 2.45) is 0 Å². The number of ether oxygens (including phenoxy) is 1. The van der Waals surface area contributed by atoms with Crippen LogP contribution in [0.3, 0.4) is 0 Å². The molecule has 1 aliphatic heterocycles. The molecule has 27 heavy (non-hydrogen) atoms. The number of halogens is 1. The minimum atomic E-state index is -0.786. The predicted octanol–water partition coefficient (Wildman–Crippen LogP) is 3.65. The van der Waals surface area contributed by atoms with Crippen LogP contribution in [-0.2, 0) is 20.9 Å². The molecular formula is C20H15FN2O4. The first-order valence-electron chi connectivity index (χ1n) is 8.37. The van der Waals surface area contributed by atoms with Crippen LogP contribution in [0.25, 0.3) is 11.3 Å². The van der Waals surface area contributed by atoms with Crippen molar-refractivity contribution in [2.75, 3.05) is 5.32 Å². The highest BCUT2D eigenvalue weighted by molar-refractivity contribution is 5.99. The Morgan fingerprint density at radius 2 is 2.04 bits per heavy atom. The van der Waals surface area contributed by atoms with Gasteiger partial charge in [0, 0.05) is 23.7 Å². The Balaban J connectivity index is 1.46. The second kappa shape index (κ2) is 7.03. The molecule has 2 aromatic carbocycles. The lowest BCUT2D eigenvalue weighted by Crippen LogP contribution is -2.28. The highest BCUT2D eigenvalue weighted by atomic mass is 19.1. The topological polar surface area (TPSA) is 81.4 Å². The first-order chi connectivity index (χ1) is 13.1. The second-order valence-corrected chi connectivity index (χ2v) is 6.19. The summed E-state index contributed by atoms with van der Waals surface area (Å²) in [6.07, 6.45) is -0.0524. The van der Waals surface area contributed by atoms with Crippen LogP contribution in [0.4, 0.5) is 10.1 Å². The van der Waals surface area contributed by atoms with E-state index < -0.39 is 17.7 Å². The summed E-state index contributed by atoms with van der Waals surface area (Å²) in [5.41, 5.74) is 2.35. The molecule has 2 heterocycles. The zero-order chi connectivity index (χ0) is 18.8. The van der Waals surface area contributed by atoms with E-state index in [1.807, 2.05) is 30.3 Å². The maximum Gasteiger partial charge on any atom is 0.314 e. The Labute approximate surface area is 153 Å². The largest absolute Gasteiger partial charge is 0.457 e. The van der Waals surface area contributed by atoms with E-state index in [9.17, 15) is 14.0 Å². The number of aromatic nitrogens is 1. The molecule has 0 saturated carbocycles. The highest BCUT2D eigenvalue weighted by Crippen LogP contribution is 2.33. The van der Waals surface area contributed by atoms with Crippen molar-refractivity contribution in [1.82, 2.24) is 5.16 Å². The highest BCUT2D eigenvalue weighted by Gasteiger charge is 2.32. The fraction of sp³-hybridized carbons (Fsp3) is 0.150. The summed E-state index contributed by atoms with van der Waals surface area (Å²) in [5.74, 6) is -1.82. The van der Waals surface area contributed by atoms with Gasteiger partial charge < -0.3 is 14.6 Å². The van der Waals surface area contributed by atoms with Crippen LogP contribution in [0.5, 0.6) is 0 Å². The fourth-order valence-electron chi connectivity index (χ4n) is 3.02. The molecule has 4 rings (SSSR count). The zero-order valence-corrected chi connectivity index (χ0v) is 14.1. The van der Waals surface area contributed by atoms with Crippen LogP contribution in [-0.4, -0.2) is 17.0 Å². The van der Waals surface area contributed by atoms with Gasteiger partial charge >= 0.3 is 5.97 Å². The standard InChI is InChI=1S/C20H15FN2O4/c21-13-6-7-15-16(10-19(24)22-18(15)8-13)20(25)26-11-14-9-17(23-27-14)12-4-2-1-3-5-12/h1-9,16H,10-11H2,(H,22,24)/t16-/m0/s1. The Morgan fingerprint density at radius 3 is 2.85 bits per heavy atom. The monoisotopic (exact) mass is 366 g/mol. The second-order valence-electron chi connectivity index (χ2n) is 6.19. The molecule has 1 amide bonds. The van der Waals surface area contributed by atoms with Crippen molar-refractivity contribution >= 4 is 17.6 Å². The van der Waals surface area contributed by atoms with Crippen LogP contribution in [0.1, 0.15) is 23.7 Å². The van der Waals surface area contributed by atoms with E-state index >= 15 is 0 Å². The van der Waals surface area contributed by atoms with Crippen molar-refractivity contribution < 1.29 is 23.2 Å². The molecule has 1 aliphatic rings. The molecule has 1 aromatic heterocycles. The molecule has 0 fully saturated rings. The summed E-state index contributed by atoms with van der Waals surface area (Å²) in [5, 5.41) is 6.53. The third-order valence-corrected chi connectivity index (χ3v) is 4.32. The third-order valence-electron chi connectivity index (χ3n) is 4.32. The van der Waals surface area contributed by atoms with Crippen LogP contribution in [0.2, 0.25) is 0 Å². The molecule has 1 atom stereocenters. The van der Waals surface area contributed by atoms with Crippen molar-refractivity contribution in [3.63, 3.8) is 0 Å². The minimum Gasteiger partial charge on any atom is -0.457 e. The summed E-state index contributed by atoms with van der Waals surface area (Å²) in [6, 6.07) is 15.1. The quantitative estimate of drug-likeness (QED) is 0.713. The summed E-state index contributed by atoms with van der Waals surface area (Å²) in [6.45, 7) is -0.104. The number of hydrogen-bond acceptors (Lipinski definition) is 5. The minimum absolute atomic E-state index is 0.0524. The van der Waals surface area contributed by atoms with E-state index in [1.165, 1.54) is 18.2 Å². The van der Waals surface area contributed by atoms with Crippen LogP contribution >= 0.6 is 0 Å². The molecule has 1 N–H and O–H groups in total. The van der Waals surface area contributed by atoms with E-state index in [-0.39, 0.29) is 18.9 Å². The Hall–Kier alpha value is -3.48. The molecular weight excluding hydrogens is 351 g/mol. The van der Waals surface area contributed by atoms with Gasteiger partial charge in [-0.25, -0.2) is 4.39 Å². The van der Waals surface area contributed by atoms with Gasteiger partial charge in [0.2, 0.25) is 5.91 Å². The van der Waals surface area contributed by atoms with Gasteiger partial charge in [0.15, 0.2) is 12.4 Å².